The van der Waals surface area contributed by atoms with Gasteiger partial charge < -0.3 is 19.3 Å². The molecule has 1 heterocycles. The largest absolute Gasteiger partial charge is 0.497 e. The SMILES string of the molecule is COc1ccc(-c2noc(C(C)NC(=O)COCc3ccccc3)n2)cc1. The Balaban J connectivity index is 1.51. The number of ether oxygens (including phenoxy) is 2. The fourth-order valence-corrected chi connectivity index (χ4v) is 2.45. The number of amides is 1. The molecular weight excluding hydrogens is 346 g/mol. The normalized spacial score (nSPS) is 11.8. The van der Waals surface area contributed by atoms with E-state index in [1.165, 1.54) is 0 Å². The molecule has 3 aromatic rings. The van der Waals surface area contributed by atoms with Gasteiger partial charge in [0.05, 0.1) is 13.7 Å². The molecule has 0 saturated carbocycles. The molecule has 0 spiro atoms. The summed E-state index contributed by atoms with van der Waals surface area (Å²) in [6.07, 6.45) is 0. The number of hydrogen-bond donors (Lipinski definition) is 1. The minimum Gasteiger partial charge on any atom is -0.497 e. The van der Waals surface area contributed by atoms with Crippen molar-refractivity contribution in [1.82, 2.24) is 15.5 Å². The van der Waals surface area contributed by atoms with Crippen molar-refractivity contribution in [2.75, 3.05) is 13.7 Å². The molecule has 0 fully saturated rings. The van der Waals surface area contributed by atoms with Gasteiger partial charge in [0, 0.05) is 5.56 Å². The Hall–Kier alpha value is -3.19. The molecule has 1 amide bonds. The zero-order valence-electron chi connectivity index (χ0n) is 15.2. The Kier molecular flexibility index (Phi) is 6.17. The molecule has 0 radical (unpaired) electrons. The molecule has 0 saturated heterocycles. The zero-order valence-corrected chi connectivity index (χ0v) is 15.2. The topological polar surface area (TPSA) is 86.5 Å². The van der Waals surface area contributed by atoms with E-state index >= 15 is 0 Å². The van der Waals surface area contributed by atoms with Crippen LogP contribution in [0.2, 0.25) is 0 Å². The second-order valence-electron chi connectivity index (χ2n) is 5.95. The minimum atomic E-state index is -0.419. The van der Waals surface area contributed by atoms with Gasteiger partial charge in [-0.05, 0) is 36.8 Å². The van der Waals surface area contributed by atoms with Crippen molar-refractivity contribution in [3.8, 4) is 17.1 Å². The molecular formula is C20H21N3O4. The summed E-state index contributed by atoms with van der Waals surface area (Å²) in [5.74, 6) is 1.28. The highest BCUT2D eigenvalue weighted by molar-refractivity contribution is 5.77. The lowest BCUT2D eigenvalue weighted by atomic mass is 10.2. The Morgan fingerprint density at radius 2 is 1.89 bits per heavy atom. The van der Waals surface area contributed by atoms with E-state index in [-0.39, 0.29) is 12.5 Å². The zero-order chi connectivity index (χ0) is 19.1. The summed E-state index contributed by atoms with van der Waals surface area (Å²) in [6, 6.07) is 16.6. The standard InChI is InChI=1S/C20H21N3O4/c1-14(21-18(24)13-26-12-15-6-4-3-5-7-15)20-22-19(23-27-20)16-8-10-17(25-2)11-9-16/h3-11,14H,12-13H2,1-2H3,(H,21,24). The first-order valence-electron chi connectivity index (χ1n) is 8.55. The maximum atomic E-state index is 12.0. The summed E-state index contributed by atoms with van der Waals surface area (Å²) in [4.78, 5) is 16.4. The number of hydrogen-bond acceptors (Lipinski definition) is 6. The first-order valence-corrected chi connectivity index (χ1v) is 8.55. The van der Waals surface area contributed by atoms with Crippen molar-refractivity contribution in [2.24, 2.45) is 0 Å². The van der Waals surface area contributed by atoms with Gasteiger partial charge in [0.25, 0.3) is 0 Å². The molecule has 3 rings (SSSR count). The summed E-state index contributed by atoms with van der Waals surface area (Å²) < 4.78 is 15.8. The lowest BCUT2D eigenvalue weighted by molar-refractivity contribution is -0.126. The number of methoxy groups -OCH3 is 1. The van der Waals surface area contributed by atoms with Crippen molar-refractivity contribution >= 4 is 5.91 Å². The Bertz CT molecular complexity index is 862. The number of benzene rings is 2. The van der Waals surface area contributed by atoms with Crippen molar-refractivity contribution in [2.45, 2.75) is 19.6 Å². The predicted molar refractivity (Wildman–Crippen MR) is 98.9 cm³/mol. The van der Waals surface area contributed by atoms with E-state index in [1.807, 2.05) is 54.6 Å². The second-order valence-corrected chi connectivity index (χ2v) is 5.95. The van der Waals surface area contributed by atoms with E-state index in [4.69, 9.17) is 14.0 Å². The number of aromatic nitrogens is 2. The summed E-state index contributed by atoms with van der Waals surface area (Å²) in [7, 11) is 1.61. The maximum absolute atomic E-state index is 12.0. The summed E-state index contributed by atoms with van der Waals surface area (Å²) in [5, 5.41) is 6.75. The van der Waals surface area contributed by atoms with Gasteiger partial charge in [-0.3, -0.25) is 4.79 Å². The van der Waals surface area contributed by atoms with Crippen molar-refractivity contribution in [3.63, 3.8) is 0 Å². The van der Waals surface area contributed by atoms with Crippen LogP contribution in [0.4, 0.5) is 0 Å². The molecule has 1 atom stereocenters. The molecule has 1 aromatic heterocycles. The fraction of sp³-hybridized carbons (Fsp3) is 0.250. The summed E-state index contributed by atoms with van der Waals surface area (Å²) in [6.45, 7) is 2.12. The molecule has 0 aliphatic heterocycles. The highest BCUT2D eigenvalue weighted by Gasteiger charge is 2.17. The van der Waals surface area contributed by atoms with Gasteiger partial charge in [0.1, 0.15) is 18.4 Å². The number of carbonyl (C=O) groups excluding carboxylic acids is 1. The lowest BCUT2D eigenvalue weighted by Crippen LogP contribution is -2.30. The molecule has 1 N–H and O–H groups in total. The van der Waals surface area contributed by atoms with Crippen LogP contribution in [-0.4, -0.2) is 29.8 Å². The van der Waals surface area contributed by atoms with E-state index < -0.39 is 6.04 Å². The average Bonchev–Trinajstić information content (AvgIpc) is 3.19. The number of nitrogens with zero attached hydrogens (tertiary/aromatic N) is 2. The van der Waals surface area contributed by atoms with Crippen molar-refractivity contribution < 1.29 is 18.8 Å². The number of rotatable bonds is 8. The van der Waals surface area contributed by atoms with Gasteiger partial charge >= 0.3 is 0 Å². The third-order valence-electron chi connectivity index (χ3n) is 3.88. The van der Waals surface area contributed by atoms with Gasteiger partial charge in [-0.15, -0.1) is 0 Å². The molecule has 7 nitrogen and oxygen atoms in total. The van der Waals surface area contributed by atoms with Crippen LogP contribution in [0.25, 0.3) is 11.4 Å². The highest BCUT2D eigenvalue weighted by atomic mass is 16.5. The maximum Gasteiger partial charge on any atom is 0.249 e. The van der Waals surface area contributed by atoms with Crippen LogP contribution < -0.4 is 10.1 Å². The van der Waals surface area contributed by atoms with Gasteiger partial charge in [0.15, 0.2) is 0 Å². The smallest absolute Gasteiger partial charge is 0.249 e. The van der Waals surface area contributed by atoms with Crippen LogP contribution in [-0.2, 0) is 16.1 Å². The van der Waals surface area contributed by atoms with Crippen molar-refractivity contribution in [1.29, 1.82) is 0 Å². The highest BCUT2D eigenvalue weighted by Crippen LogP contribution is 2.21. The van der Waals surface area contributed by atoms with Gasteiger partial charge in [0.2, 0.25) is 17.6 Å². The van der Waals surface area contributed by atoms with E-state index in [2.05, 4.69) is 15.5 Å². The number of carbonyl (C=O) groups is 1. The van der Waals surface area contributed by atoms with Gasteiger partial charge in [-0.1, -0.05) is 35.5 Å². The average molecular weight is 367 g/mol. The molecule has 140 valence electrons. The first kappa shape index (κ1) is 18.6. The lowest BCUT2D eigenvalue weighted by Gasteiger charge is -2.10. The minimum absolute atomic E-state index is 0.0429. The molecule has 0 aliphatic carbocycles. The van der Waals surface area contributed by atoms with E-state index in [0.717, 1.165) is 16.9 Å². The van der Waals surface area contributed by atoms with E-state index in [9.17, 15) is 4.79 Å². The van der Waals surface area contributed by atoms with Crippen LogP contribution in [0.3, 0.4) is 0 Å². The number of nitrogens with one attached hydrogen (secondary N) is 1. The molecule has 7 heteroatoms. The molecule has 0 bridgehead atoms. The predicted octanol–water partition coefficient (Wildman–Crippen LogP) is 3.14. The van der Waals surface area contributed by atoms with Crippen LogP contribution in [0.1, 0.15) is 24.4 Å². The van der Waals surface area contributed by atoms with Crippen LogP contribution >= 0.6 is 0 Å². The monoisotopic (exact) mass is 367 g/mol. The summed E-state index contributed by atoms with van der Waals surface area (Å²) in [5.41, 5.74) is 1.81. The fourth-order valence-electron chi connectivity index (χ4n) is 2.45. The van der Waals surface area contributed by atoms with Crippen LogP contribution in [0, 0.1) is 0 Å². The van der Waals surface area contributed by atoms with E-state index in [0.29, 0.717) is 18.3 Å². The van der Waals surface area contributed by atoms with Gasteiger partial charge in [-0.25, -0.2) is 0 Å². The van der Waals surface area contributed by atoms with Gasteiger partial charge in [-0.2, -0.15) is 4.98 Å². The van der Waals surface area contributed by atoms with Crippen LogP contribution in [0.5, 0.6) is 5.75 Å². The molecule has 2 aromatic carbocycles. The third kappa shape index (κ3) is 5.15. The van der Waals surface area contributed by atoms with Crippen molar-refractivity contribution in [3.05, 3.63) is 66.1 Å². The first-order chi connectivity index (χ1) is 13.2. The van der Waals surface area contributed by atoms with E-state index in [1.54, 1.807) is 14.0 Å². The second kappa shape index (κ2) is 8.95. The summed E-state index contributed by atoms with van der Waals surface area (Å²) >= 11 is 0. The third-order valence-corrected chi connectivity index (χ3v) is 3.88. The molecule has 1 unspecified atom stereocenters. The molecule has 27 heavy (non-hydrogen) atoms. The Morgan fingerprint density at radius 1 is 1.15 bits per heavy atom. The van der Waals surface area contributed by atoms with Crippen LogP contribution in [0.15, 0.2) is 59.1 Å². The molecule has 0 aliphatic rings. The Morgan fingerprint density at radius 3 is 2.59 bits per heavy atom. The quantitative estimate of drug-likeness (QED) is 0.658. The Labute approximate surface area is 157 Å².